The number of aryl methyl sites for hydroxylation is 1. The molecule has 1 aromatic carbocycles. The van der Waals surface area contributed by atoms with Crippen molar-refractivity contribution in [1.29, 1.82) is 0 Å². The van der Waals surface area contributed by atoms with E-state index in [1.54, 1.807) is 11.3 Å². The maximum atomic E-state index is 13.2. The van der Waals surface area contributed by atoms with Gasteiger partial charge in [0.2, 0.25) is 5.91 Å². The van der Waals surface area contributed by atoms with Crippen LogP contribution >= 0.6 is 11.3 Å². The van der Waals surface area contributed by atoms with Gasteiger partial charge in [-0.05, 0) is 55.9 Å². The fourth-order valence-electron chi connectivity index (χ4n) is 5.00. The van der Waals surface area contributed by atoms with Gasteiger partial charge < -0.3 is 14.7 Å². The second kappa shape index (κ2) is 8.42. The number of anilines is 1. The van der Waals surface area contributed by atoms with Crippen LogP contribution in [0.4, 0.5) is 5.69 Å². The standard InChI is InChI=1S/C24H29N3O2S/c28-23(27-14-12-25(13-15-27)20-6-2-1-3-7-20)18-8-9-21-19(16-18)17-22(30-21)24(29)26-10-4-5-11-26/h1-3,6-7,17-18H,4-5,8-16H2. The number of hydrogen-bond acceptors (Lipinski definition) is 4. The molecule has 1 aliphatic carbocycles. The Hall–Kier alpha value is -2.34. The van der Waals surface area contributed by atoms with Crippen LogP contribution in [0.15, 0.2) is 36.4 Å². The summed E-state index contributed by atoms with van der Waals surface area (Å²) in [5, 5.41) is 0. The first-order valence-corrected chi connectivity index (χ1v) is 12.0. The third-order valence-corrected chi connectivity index (χ3v) is 7.97. The highest BCUT2D eigenvalue weighted by molar-refractivity contribution is 7.14. The largest absolute Gasteiger partial charge is 0.368 e. The second-order valence-corrected chi connectivity index (χ2v) is 9.78. The van der Waals surface area contributed by atoms with Crippen molar-refractivity contribution in [2.24, 2.45) is 5.92 Å². The number of benzene rings is 1. The summed E-state index contributed by atoms with van der Waals surface area (Å²) in [6.07, 6.45) is 4.85. The Bertz CT molecular complexity index is 912. The smallest absolute Gasteiger partial charge is 0.263 e. The number of para-hydroxylation sites is 1. The highest BCUT2D eigenvalue weighted by Gasteiger charge is 2.32. The molecule has 0 N–H and O–H groups in total. The summed E-state index contributed by atoms with van der Waals surface area (Å²) < 4.78 is 0. The van der Waals surface area contributed by atoms with Crippen molar-refractivity contribution in [3.05, 3.63) is 51.7 Å². The lowest BCUT2D eigenvalue weighted by atomic mass is 9.87. The van der Waals surface area contributed by atoms with E-state index in [4.69, 9.17) is 0 Å². The molecule has 2 amide bonds. The van der Waals surface area contributed by atoms with E-state index in [0.29, 0.717) is 5.91 Å². The minimum atomic E-state index is 0.0603. The van der Waals surface area contributed by atoms with Crippen molar-refractivity contribution in [2.75, 3.05) is 44.2 Å². The van der Waals surface area contributed by atoms with E-state index >= 15 is 0 Å². The Morgan fingerprint density at radius 2 is 1.63 bits per heavy atom. The van der Waals surface area contributed by atoms with Crippen molar-refractivity contribution in [2.45, 2.75) is 32.1 Å². The molecule has 5 nitrogen and oxygen atoms in total. The number of rotatable bonds is 3. The average molecular weight is 424 g/mol. The zero-order valence-corrected chi connectivity index (χ0v) is 18.2. The summed E-state index contributed by atoms with van der Waals surface area (Å²) >= 11 is 1.65. The Balaban J connectivity index is 1.20. The van der Waals surface area contributed by atoms with E-state index in [1.165, 1.54) is 16.1 Å². The highest BCUT2D eigenvalue weighted by atomic mass is 32.1. The Kier molecular flexibility index (Phi) is 5.50. The Labute approximate surface area is 182 Å². The number of likely N-dealkylation sites (tertiary alicyclic amines) is 1. The van der Waals surface area contributed by atoms with Crippen LogP contribution in [0.3, 0.4) is 0 Å². The Morgan fingerprint density at radius 3 is 2.37 bits per heavy atom. The molecule has 2 saturated heterocycles. The van der Waals surface area contributed by atoms with Gasteiger partial charge in [0.1, 0.15) is 0 Å². The lowest BCUT2D eigenvalue weighted by Gasteiger charge is -2.38. The van der Waals surface area contributed by atoms with Gasteiger partial charge in [-0.15, -0.1) is 11.3 Å². The van der Waals surface area contributed by atoms with Crippen LogP contribution in [0, 0.1) is 5.92 Å². The molecule has 0 spiro atoms. The molecular formula is C24H29N3O2S. The van der Waals surface area contributed by atoms with Crippen molar-refractivity contribution < 1.29 is 9.59 Å². The first kappa shape index (κ1) is 19.6. The SMILES string of the molecule is O=C(c1cc2c(s1)CCC(C(=O)N1CCN(c3ccccc3)CC1)C2)N1CCCC1. The molecule has 0 saturated carbocycles. The van der Waals surface area contributed by atoms with Gasteiger partial charge in [-0.2, -0.15) is 0 Å². The van der Waals surface area contributed by atoms with Crippen LogP contribution in [0.2, 0.25) is 0 Å². The van der Waals surface area contributed by atoms with Gasteiger partial charge in [0.05, 0.1) is 4.88 Å². The predicted molar refractivity (Wildman–Crippen MR) is 120 cm³/mol. The highest BCUT2D eigenvalue weighted by Crippen LogP contribution is 2.34. The normalized spacial score (nSPS) is 21.6. The zero-order valence-electron chi connectivity index (χ0n) is 17.4. The third-order valence-electron chi connectivity index (χ3n) is 6.75. The lowest BCUT2D eigenvalue weighted by molar-refractivity contribution is -0.136. The number of amides is 2. The molecule has 5 rings (SSSR count). The van der Waals surface area contributed by atoms with Gasteiger partial charge in [-0.3, -0.25) is 9.59 Å². The molecule has 2 aliphatic heterocycles. The second-order valence-electron chi connectivity index (χ2n) is 8.65. The number of hydrogen-bond donors (Lipinski definition) is 0. The van der Waals surface area contributed by atoms with Gasteiger partial charge >= 0.3 is 0 Å². The van der Waals surface area contributed by atoms with E-state index in [2.05, 4.69) is 40.1 Å². The van der Waals surface area contributed by atoms with E-state index in [9.17, 15) is 9.59 Å². The predicted octanol–water partition coefficient (Wildman–Crippen LogP) is 3.44. The molecule has 2 aromatic rings. The summed E-state index contributed by atoms with van der Waals surface area (Å²) in [6.45, 7) is 5.13. The maximum absolute atomic E-state index is 13.2. The number of fused-ring (bicyclic) bond motifs is 1. The van der Waals surface area contributed by atoms with Crippen molar-refractivity contribution in [3.63, 3.8) is 0 Å². The molecule has 3 aliphatic rings. The third kappa shape index (κ3) is 3.85. The summed E-state index contributed by atoms with van der Waals surface area (Å²) in [5.41, 5.74) is 2.47. The monoisotopic (exact) mass is 423 g/mol. The van der Waals surface area contributed by atoms with Gasteiger partial charge in [0.25, 0.3) is 5.91 Å². The average Bonchev–Trinajstić information content (AvgIpc) is 3.48. The van der Waals surface area contributed by atoms with Gasteiger partial charge in [-0.1, -0.05) is 18.2 Å². The number of piperazine rings is 1. The molecule has 1 atom stereocenters. The molecule has 1 aromatic heterocycles. The fourth-order valence-corrected chi connectivity index (χ4v) is 6.17. The van der Waals surface area contributed by atoms with Crippen molar-refractivity contribution >= 4 is 28.8 Å². The van der Waals surface area contributed by atoms with Gasteiger partial charge in [-0.25, -0.2) is 0 Å². The first-order chi connectivity index (χ1) is 14.7. The van der Waals surface area contributed by atoms with E-state index in [1.807, 2.05) is 11.0 Å². The summed E-state index contributed by atoms with van der Waals surface area (Å²) in [7, 11) is 0. The van der Waals surface area contributed by atoms with Crippen LogP contribution < -0.4 is 4.90 Å². The van der Waals surface area contributed by atoms with Crippen LogP contribution in [0.5, 0.6) is 0 Å². The van der Waals surface area contributed by atoms with Crippen molar-refractivity contribution in [3.8, 4) is 0 Å². The number of carbonyl (C=O) groups excluding carboxylic acids is 2. The van der Waals surface area contributed by atoms with Gasteiger partial charge in [0.15, 0.2) is 0 Å². The van der Waals surface area contributed by atoms with E-state index in [-0.39, 0.29) is 11.8 Å². The van der Waals surface area contributed by atoms with Crippen LogP contribution in [-0.4, -0.2) is 60.9 Å². The summed E-state index contributed by atoms with van der Waals surface area (Å²) in [4.78, 5) is 34.5. The molecule has 6 heteroatoms. The molecule has 1 unspecified atom stereocenters. The molecule has 158 valence electrons. The van der Waals surface area contributed by atoms with Crippen molar-refractivity contribution in [1.82, 2.24) is 9.80 Å². The lowest BCUT2D eigenvalue weighted by Crippen LogP contribution is -2.51. The first-order valence-electron chi connectivity index (χ1n) is 11.2. The number of nitrogens with zero attached hydrogens (tertiary/aromatic N) is 3. The minimum absolute atomic E-state index is 0.0603. The number of thiophene rings is 1. The summed E-state index contributed by atoms with van der Waals surface area (Å²) in [5.74, 6) is 0.545. The summed E-state index contributed by atoms with van der Waals surface area (Å²) in [6, 6.07) is 12.5. The minimum Gasteiger partial charge on any atom is -0.368 e. The number of carbonyl (C=O) groups is 2. The molecular weight excluding hydrogens is 394 g/mol. The fraction of sp³-hybridized carbons (Fsp3) is 0.500. The molecule has 2 fully saturated rings. The Morgan fingerprint density at radius 1 is 0.900 bits per heavy atom. The topological polar surface area (TPSA) is 43.9 Å². The van der Waals surface area contributed by atoms with E-state index < -0.39 is 0 Å². The molecule has 30 heavy (non-hydrogen) atoms. The quantitative estimate of drug-likeness (QED) is 0.760. The molecule has 0 bridgehead atoms. The zero-order chi connectivity index (χ0) is 20.5. The van der Waals surface area contributed by atoms with E-state index in [0.717, 1.165) is 76.2 Å². The van der Waals surface area contributed by atoms with Crippen LogP contribution in [-0.2, 0) is 17.6 Å². The van der Waals surface area contributed by atoms with Crippen LogP contribution in [0.1, 0.15) is 39.4 Å². The van der Waals surface area contributed by atoms with Crippen LogP contribution in [0.25, 0.3) is 0 Å². The molecule has 0 radical (unpaired) electrons. The van der Waals surface area contributed by atoms with Gasteiger partial charge in [0, 0.05) is 55.8 Å². The maximum Gasteiger partial charge on any atom is 0.263 e. The molecule has 3 heterocycles.